The summed E-state index contributed by atoms with van der Waals surface area (Å²) in [5.41, 5.74) is 1.91. The van der Waals surface area contributed by atoms with Crippen molar-refractivity contribution >= 4 is 27.3 Å². The summed E-state index contributed by atoms with van der Waals surface area (Å²) < 4.78 is 25.0. The summed E-state index contributed by atoms with van der Waals surface area (Å²) >= 11 is 0. The minimum absolute atomic E-state index is 0.133. The predicted octanol–water partition coefficient (Wildman–Crippen LogP) is 1.44. The van der Waals surface area contributed by atoms with Gasteiger partial charge in [0.1, 0.15) is 0 Å². The molecule has 0 unspecified atom stereocenters. The zero-order valence-electron chi connectivity index (χ0n) is 15.9. The minimum atomic E-state index is -3.32. The van der Waals surface area contributed by atoms with Gasteiger partial charge < -0.3 is 15.1 Å². The Kier molecular flexibility index (Phi) is 7.43. The number of likely N-dealkylation sites (N-methyl/N-ethyl adjacent to an activating group) is 1. The Labute approximate surface area is 157 Å². The number of hydrogen-bond donors (Lipinski definition) is 1. The summed E-state index contributed by atoms with van der Waals surface area (Å²) in [5, 5.41) is 2.84. The number of nitrogens with one attached hydrogen (secondary N) is 1. The van der Waals surface area contributed by atoms with E-state index in [-0.39, 0.29) is 18.9 Å². The second-order valence-electron chi connectivity index (χ2n) is 7.00. The van der Waals surface area contributed by atoms with Gasteiger partial charge in [0.05, 0.1) is 6.26 Å². The lowest BCUT2D eigenvalue weighted by Gasteiger charge is -2.21. The lowest BCUT2D eigenvalue weighted by molar-refractivity contribution is -0.116. The highest BCUT2D eigenvalue weighted by Gasteiger charge is 2.18. The van der Waals surface area contributed by atoms with E-state index >= 15 is 0 Å². The van der Waals surface area contributed by atoms with Crippen molar-refractivity contribution in [3.05, 3.63) is 24.3 Å². The van der Waals surface area contributed by atoms with E-state index in [1.807, 2.05) is 43.3 Å². The summed E-state index contributed by atoms with van der Waals surface area (Å²) in [6.45, 7) is 3.35. The first-order valence-corrected chi connectivity index (χ1v) is 10.9. The zero-order chi connectivity index (χ0) is 19.2. The maximum absolute atomic E-state index is 12.2. The fourth-order valence-corrected chi connectivity index (χ4v) is 3.77. The molecule has 0 bridgehead atoms. The molecule has 0 spiro atoms. The molecule has 1 aliphatic rings. The van der Waals surface area contributed by atoms with Gasteiger partial charge in [0.15, 0.2) is 0 Å². The maximum atomic E-state index is 12.2. The molecule has 2 rings (SSSR count). The third-order valence-electron chi connectivity index (χ3n) is 4.48. The molecule has 1 N–H and O–H groups in total. The Morgan fingerprint density at radius 2 is 1.69 bits per heavy atom. The molecule has 0 atom stereocenters. The van der Waals surface area contributed by atoms with Gasteiger partial charge in [-0.2, -0.15) is 0 Å². The van der Waals surface area contributed by atoms with Crippen molar-refractivity contribution in [1.29, 1.82) is 0 Å². The van der Waals surface area contributed by atoms with Crippen LogP contribution in [0.2, 0.25) is 0 Å². The first kappa shape index (κ1) is 20.7. The number of benzene rings is 1. The number of amides is 1. The summed E-state index contributed by atoms with van der Waals surface area (Å²) in [6.07, 6.45) is 3.76. The summed E-state index contributed by atoms with van der Waals surface area (Å²) in [6, 6.07) is 7.82. The lowest BCUT2D eigenvalue weighted by atomic mass is 10.2. The Bertz CT molecular complexity index is 683. The van der Waals surface area contributed by atoms with Crippen molar-refractivity contribution in [2.45, 2.75) is 19.3 Å². The molecular weight excluding hydrogens is 352 g/mol. The van der Waals surface area contributed by atoms with Crippen LogP contribution in [0.15, 0.2) is 24.3 Å². The SMILES string of the molecule is CN(C)CCN(CCC(=O)Nc1ccc(N2CCCC2)cc1)S(C)(=O)=O. The van der Waals surface area contributed by atoms with Crippen molar-refractivity contribution in [2.75, 3.05) is 63.3 Å². The number of carbonyl (C=O) groups is 1. The highest BCUT2D eigenvalue weighted by molar-refractivity contribution is 7.88. The van der Waals surface area contributed by atoms with Crippen LogP contribution in [0.4, 0.5) is 11.4 Å². The van der Waals surface area contributed by atoms with E-state index in [0.717, 1.165) is 18.8 Å². The minimum Gasteiger partial charge on any atom is -0.372 e. The first-order chi connectivity index (χ1) is 12.3. The molecule has 0 aromatic heterocycles. The number of hydrogen-bond acceptors (Lipinski definition) is 5. The third kappa shape index (κ3) is 6.59. The van der Waals surface area contributed by atoms with E-state index in [1.165, 1.54) is 29.1 Å². The molecule has 1 aromatic carbocycles. The smallest absolute Gasteiger partial charge is 0.225 e. The summed E-state index contributed by atoms with van der Waals surface area (Å²) in [4.78, 5) is 16.4. The number of carbonyl (C=O) groups excluding carboxylic acids is 1. The molecule has 26 heavy (non-hydrogen) atoms. The number of anilines is 2. The monoisotopic (exact) mass is 382 g/mol. The molecule has 1 aliphatic heterocycles. The molecule has 7 nitrogen and oxygen atoms in total. The van der Waals surface area contributed by atoms with E-state index in [9.17, 15) is 13.2 Å². The van der Waals surface area contributed by atoms with Crippen molar-refractivity contribution in [1.82, 2.24) is 9.21 Å². The van der Waals surface area contributed by atoms with E-state index in [0.29, 0.717) is 13.1 Å². The van der Waals surface area contributed by atoms with Crippen LogP contribution in [0.25, 0.3) is 0 Å². The van der Waals surface area contributed by atoms with Crippen molar-refractivity contribution in [3.8, 4) is 0 Å². The Balaban J connectivity index is 1.84. The summed E-state index contributed by atoms with van der Waals surface area (Å²) in [7, 11) is 0.453. The fraction of sp³-hybridized carbons (Fsp3) is 0.611. The molecule has 0 radical (unpaired) electrons. The predicted molar refractivity (Wildman–Crippen MR) is 106 cm³/mol. The van der Waals surface area contributed by atoms with Crippen LogP contribution in [0, 0.1) is 0 Å². The van der Waals surface area contributed by atoms with Gasteiger partial charge in [0.25, 0.3) is 0 Å². The van der Waals surface area contributed by atoms with Gasteiger partial charge in [-0.25, -0.2) is 12.7 Å². The van der Waals surface area contributed by atoms with Gasteiger partial charge in [0, 0.05) is 50.5 Å². The lowest BCUT2D eigenvalue weighted by Crippen LogP contribution is -2.37. The molecule has 1 aromatic rings. The molecule has 1 saturated heterocycles. The molecule has 8 heteroatoms. The average Bonchev–Trinajstić information content (AvgIpc) is 3.08. The van der Waals surface area contributed by atoms with Gasteiger partial charge in [-0.3, -0.25) is 4.79 Å². The molecule has 1 amide bonds. The molecule has 0 aliphatic carbocycles. The second-order valence-corrected chi connectivity index (χ2v) is 8.99. The van der Waals surface area contributed by atoms with Gasteiger partial charge in [-0.05, 0) is 51.2 Å². The Morgan fingerprint density at radius 1 is 1.08 bits per heavy atom. The van der Waals surface area contributed by atoms with Crippen molar-refractivity contribution in [3.63, 3.8) is 0 Å². The van der Waals surface area contributed by atoms with E-state index in [4.69, 9.17) is 0 Å². The van der Waals surface area contributed by atoms with Gasteiger partial charge in [0.2, 0.25) is 15.9 Å². The highest BCUT2D eigenvalue weighted by atomic mass is 32.2. The van der Waals surface area contributed by atoms with Crippen LogP contribution in [-0.2, 0) is 14.8 Å². The average molecular weight is 383 g/mol. The van der Waals surface area contributed by atoms with Crippen LogP contribution in [0.5, 0.6) is 0 Å². The van der Waals surface area contributed by atoms with Crippen LogP contribution in [0.3, 0.4) is 0 Å². The Hall–Kier alpha value is -1.64. The second kappa shape index (κ2) is 9.34. The first-order valence-electron chi connectivity index (χ1n) is 9.00. The zero-order valence-corrected chi connectivity index (χ0v) is 16.8. The van der Waals surface area contributed by atoms with Crippen LogP contribution < -0.4 is 10.2 Å². The fourth-order valence-electron chi connectivity index (χ4n) is 2.94. The van der Waals surface area contributed by atoms with Crippen LogP contribution in [-0.4, -0.2) is 76.6 Å². The van der Waals surface area contributed by atoms with Crippen molar-refractivity contribution < 1.29 is 13.2 Å². The normalized spacial score (nSPS) is 15.0. The van der Waals surface area contributed by atoms with E-state index in [2.05, 4.69) is 10.2 Å². The number of nitrogens with zero attached hydrogens (tertiary/aromatic N) is 3. The highest BCUT2D eigenvalue weighted by Crippen LogP contribution is 2.22. The molecule has 0 saturated carbocycles. The topological polar surface area (TPSA) is 73.0 Å². The quantitative estimate of drug-likeness (QED) is 0.700. The molecule has 146 valence electrons. The van der Waals surface area contributed by atoms with E-state index in [1.54, 1.807) is 0 Å². The van der Waals surface area contributed by atoms with Crippen LogP contribution >= 0.6 is 0 Å². The van der Waals surface area contributed by atoms with Crippen LogP contribution in [0.1, 0.15) is 19.3 Å². The van der Waals surface area contributed by atoms with Gasteiger partial charge in [-0.1, -0.05) is 0 Å². The molecule has 1 heterocycles. The summed E-state index contributed by atoms with van der Waals surface area (Å²) in [5.74, 6) is -0.183. The van der Waals surface area contributed by atoms with Gasteiger partial charge in [-0.15, -0.1) is 0 Å². The third-order valence-corrected chi connectivity index (χ3v) is 5.78. The molecular formula is C18H30N4O3S. The number of rotatable bonds is 9. The number of sulfonamides is 1. The largest absolute Gasteiger partial charge is 0.372 e. The van der Waals surface area contributed by atoms with E-state index < -0.39 is 10.0 Å². The van der Waals surface area contributed by atoms with Gasteiger partial charge >= 0.3 is 0 Å². The van der Waals surface area contributed by atoms with Crippen molar-refractivity contribution in [2.24, 2.45) is 0 Å². The Morgan fingerprint density at radius 3 is 2.23 bits per heavy atom. The molecule has 1 fully saturated rings. The standard InChI is InChI=1S/C18H30N4O3S/c1-20(2)14-15-22(26(3,24)25)13-10-18(23)19-16-6-8-17(9-7-16)21-11-4-5-12-21/h6-9H,4-5,10-15H2,1-3H3,(H,19,23). The maximum Gasteiger partial charge on any atom is 0.225 e.